The highest BCUT2D eigenvalue weighted by Crippen LogP contribution is 2.29. The number of piperazine rings is 1. The zero-order valence-corrected chi connectivity index (χ0v) is 14.5. The molecule has 1 unspecified atom stereocenters. The lowest BCUT2D eigenvalue weighted by molar-refractivity contribution is -0.130. The Balaban J connectivity index is 0.00000196. The van der Waals surface area contributed by atoms with Crippen LogP contribution in [0.15, 0.2) is 30.4 Å². The van der Waals surface area contributed by atoms with Gasteiger partial charge in [-0.15, -0.1) is 12.4 Å². The Morgan fingerprint density at radius 3 is 2.35 bits per heavy atom. The van der Waals surface area contributed by atoms with Gasteiger partial charge in [-0.25, -0.2) is 0 Å². The van der Waals surface area contributed by atoms with Crippen LogP contribution in [-0.4, -0.2) is 60.7 Å². The van der Waals surface area contributed by atoms with Crippen LogP contribution >= 0.6 is 12.4 Å². The van der Waals surface area contributed by atoms with Crippen LogP contribution in [0, 0.1) is 0 Å². The highest BCUT2D eigenvalue weighted by atomic mass is 35.5. The molecule has 0 aromatic heterocycles. The van der Waals surface area contributed by atoms with Crippen molar-refractivity contribution in [2.24, 2.45) is 0 Å². The number of carbonyl (C=O) groups is 4. The summed E-state index contributed by atoms with van der Waals surface area (Å²) in [5.41, 5.74) is 1.45. The van der Waals surface area contributed by atoms with Crippen LogP contribution in [0.25, 0.3) is 0 Å². The third-order valence-corrected chi connectivity index (χ3v) is 4.61. The maximum absolute atomic E-state index is 12.7. The molecule has 4 amide bonds. The predicted octanol–water partition coefficient (Wildman–Crippen LogP) is -0.305. The van der Waals surface area contributed by atoms with Crippen LogP contribution in [0.2, 0.25) is 0 Å². The van der Waals surface area contributed by atoms with E-state index >= 15 is 0 Å². The van der Waals surface area contributed by atoms with Crippen molar-refractivity contribution in [1.29, 1.82) is 0 Å². The Labute approximate surface area is 155 Å². The Bertz CT molecular complexity index is 832. The highest BCUT2D eigenvalue weighted by molar-refractivity contribution is 6.24. The van der Waals surface area contributed by atoms with Gasteiger partial charge in [-0.05, 0) is 24.3 Å². The predicted molar refractivity (Wildman–Crippen MR) is 95.4 cm³/mol. The number of nitrogens with zero attached hydrogens (tertiary/aromatic N) is 2. The van der Waals surface area contributed by atoms with Gasteiger partial charge < -0.3 is 10.2 Å². The molecule has 1 aromatic rings. The second-order valence-electron chi connectivity index (χ2n) is 6.10. The summed E-state index contributed by atoms with van der Waals surface area (Å²) in [6, 6.07) is 4.05. The second-order valence-corrected chi connectivity index (χ2v) is 6.10. The minimum Gasteiger partial charge on any atom is -0.369 e. The zero-order valence-electron chi connectivity index (χ0n) is 13.7. The Hall–Kier alpha value is -2.71. The summed E-state index contributed by atoms with van der Waals surface area (Å²) in [6.45, 7) is 3.36. The van der Waals surface area contributed by atoms with Crippen LogP contribution in [0.4, 0.5) is 5.69 Å². The second kappa shape index (κ2) is 6.89. The molecule has 8 nitrogen and oxygen atoms in total. The third-order valence-electron chi connectivity index (χ3n) is 4.61. The molecule has 26 heavy (non-hydrogen) atoms. The number of rotatable bonds is 2. The van der Waals surface area contributed by atoms with Crippen molar-refractivity contribution in [3.05, 3.63) is 41.5 Å². The van der Waals surface area contributed by atoms with Gasteiger partial charge >= 0.3 is 0 Å². The SMILES string of the molecule is Cl.O=C1C=CC(N2C(=O)c3ccc(N4CCNCC4)cc3C2=O)C(=O)N1. The number of fused-ring (bicyclic) bond motifs is 1. The highest BCUT2D eigenvalue weighted by Gasteiger charge is 2.43. The molecule has 2 N–H and O–H groups in total. The van der Waals surface area contributed by atoms with Gasteiger partial charge in [0, 0.05) is 37.9 Å². The first-order valence-electron chi connectivity index (χ1n) is 8.07. The van der Waals surface area contributed by atoms with Gasteiger partial charge in [0.2, 0.25) is 5.91 Å². The Morgan fingerprint density at radius 1 is 0.962 bits per heavy atom. The zero-order chi connectivity index (χ0) is 17.6. The molecule has 0 radical (unpaired) electrons. The Morgan fingerprint density at radius 2 is 1.65 bits per heavy atom. The number of anilines is 1. The van der Waals surface area contributed by atoms with E-state index in [4.69, 9.17) is 0 Å². The fourth-order valence-corrected chi connectivity index (χ4v) is 3.33. The maximum Gasteiger partial charge on any atom is 0.262 e. The first-order chi connectivity index (χ1) is 12.1. The normalized spacial score (nSPS) is 22.2. The summed E-state index contributed by atoms with van der Waals surface area (Å²) in [5, 5.41) is 5.37. The van der Waals surface area contributed by atoms with Crippen molar-refractivity contribution in [3.63, 3.8) is 0 Å². The molecule has 3 heterocycles. The maximum atomic E-state index is 12.7. The van der Waals surface area contributed by atoms with Gasteiger partial charge in [-0.3, -0.25) is 29.4 Å². The number of amides is 4. The van der Waals surface area contributed by atoms with Gasteiger partial charge in [0.1, 0.15) is 6.04 Å². The summed E-state index contributed by atoms with van der Waals surface area (Å²) < 4.78 is 0. The quantitative estimate of drug-likeness (QED) is 0.687. The Kier molecular flexibility index (Phi) is 4.80. The molecule has 9 heteroatoms. The molecular weight excluding hydrogens is 360 g/mol. The molecule has 1 aromatic carbocycles. The van der Waals surface area contributed by atoms with Crippen molar-refractivity contribution >= 4 is 41.7 Å². The number of benzene rings is 1. The summed E-state index contributed by atoms with van der Waals surface area (Å²) in [7, 11) is 0. The standard InChI is InChI=1S/C17H16N4O4.ClH/c22-14-4-3-13(15(23)19-14)21-16(24)11-2-1-10(9-12(11)17(21)25)20-7-5-18-6-8-20;/h1-4,9,13,18H,5-8H2,(H,19,22,23);1H. The van der Waals surface area contributed by atoms with Crippen LogP contribution in [0.5, 0.6) is 0 Å². The van der Waals surface area contributed by atoms with Crippen molar-refractivity contribution in [1.82, 2.24) is 15.5 Å². The van der Waals surface area contributed by atoms with E-state index in [0.717, 1.165) is 42.8 Å². The summed E-state index contributed by atoms with van der Waals surface area (Å²) in [6.07, 6.45) is 2.43. The molecule has 1 saturated heterocycles. The lowest BCUT2D eigenvalue weighted by atomic mass is 10.1. The average molecular weight is 377 g/mol. The smallest absolute Gasteiger partial charge is 0.262 e. The molecular formula is C17H17ClN4O4. The lowest BCUT2D eigenvalue weighted by Gasteiger charge is -2.29. The fraction of sp³-hybridized carbons (Fsp3) is 0.294. The van der Waals surface area contributed by atoms with E-state index < -0.39 is 29.7 Å². The number of nitrogens with one attached hydrogen (secondary N) is 2. The van der Waals surface area contributed by atoms with Crippen LogP contribution in [0.3, 0.4) is 0 Å². The molecule has 0 spiro atoms. The number of halogens is 1. The minimum absolute atomic E-state index is 0. The van der Waals surface area contributed by atoms with E-state index in [9.17, 15) is 19.2 Å². The van der Waals surface area contributed by atoms with E-state index in [1.807, 2.05) is 6.07 Å². The van der Waals surface area contributed by atoms with E-state index in [1.165, 1.54) is 6.08 Å². The third kappa shape index (κ3) is 2.87. The average Bonchev–Trinajstić information content (AvgIpc) is 2.87. The van der Waals surface area contributed by atoms with Crippen molar-refractivity contribution in [2.75, 3.05) is 31.1 Å². The molecule has 0 saturated carbocycles. The molecule has 0 aliphatic carbocycles. The number of carbonyl (C=O) groups excluding carboxylic acids is 4. The fourth-order valence-electron chi connectivity index (χ4n) is 3.33. The van der Waals surface area contributed by atoms with Crippen LogP contribution in [0.1, 0.15) is 20.7 Å². The first kappa shape index (κ1) is 18.1. The lowest BCUT2D eigenvalue weighted by Crippen LogP contribution is -2.51. The van der Waals surface area contributed by atoms with Crippen LogP contribution < -0.4 is 15.5 Å². The molecule has 4 rings (SSSR count). The van der Waals surface area contributed by atoms with Crippen molar-refractivity contribution in [2.45, 2.75) is 6.04 Å². The number of imide groups is 2. The van der Waals surface area contributed by atoms with Gasteiger partial charge in [-0.2, -0.15) is 0 Å². The van der Waals surface area contributed by atoms with Crippen molar-refractivity contribution in [3.8, 4) is 0 Å². The van der Waals surface area contributed by atoms with Gasteiger partial charge in [-0.1, -0.05) is 0 Å². The molecule has 3 aliphatic rings. The summed E-state index contributed by atoms with van der Waals surface area (Å²) in [5.74, 6) is -2.27. The summed E-state index contributed by atoms with van der Waals surface area (Å²) in [4.78, 5) is 51.6. The number of hydrogen-bond donors (Lipinski definition) is 2. The molecule has 136 valence electrons. The summed E-state index contributed by atoms with van der Waals surface area (Å²) >= 11 is 0. The molecule has 3 aliphatic heterocycles. The first-order valence-corrected chi connectivity index (χ1v) is 8.07. The number of hydrogen-bond acceptors (Lipinski definition) is 6. The van der Waals surface area contributed by atoms with Gasteiger partial charge in [0.15, 0.2) is 0 Å². The topological polar surface area (TPSA) is 98.8 Å². The molecule has 1 atom stereocenters. The van der Waals surface area contributed by atoms with Gasteiger partial charge in [0.25, 0.3) is 17.7 Å². The van der Waals surface area contributed by atoms with E-state index in [1.54, 1.807) is 12.1 Å². The van der Waals surface area contributed by atoms with E-state index in [2.05, 4.69) is 15.5 Å². The van der Waals surface area contributed by atoms with Gasteiger partial charge in [0.05, 0.1) is 11.1 Å². The molecule has 1 fully saturated rings. The van der Waals surface area contributed by atoms with Crippen LogP contribution in [-0.2, 0) is 9.59 Å². The van der Waals surface area contributed by atoms with E-state index in [-0.39, 0.29) is 18.0 Å². The minimum atomic E-state index is -1.10. The monoisotopic (exact) mass is 376 g/mol. The van der Waals surface area contributed by atoms with Crippen molar-refractivity contribution < 1.29 is 19.2 Å². The van der Waals surface area contributed by atoms with E-state index in [0.29, 0.717) is 5.56 Å². The molecule has 0 bridgehead atoms. The largest absolute Gasteiger partial charge is 0.369 e.